The molecular formula is C12H20N2O3S. The van der Waals surface area contributed by atoms with E-state index >= 15 is 0 Å². The third-order valence-corrected chi connectivity index (χ3v) is 3.23. The molecule has 102 valence electrons. The molecule has 0 aliphatic carbocycles. The molecule has 18 heavy (non-hydrogen) atoms. The minimum absolute atomic E-state index is 0.00468. The summed E-state index contributed by atoms with van der Waals surface area (Å²) in [5.74, 6) is 2.19. The molecule has 0 fully saturated rings. The lowest BCUT2D eigenvalue weighted by Crippen LogP contribution is -2.47. The number of amides is 2. The van der Waals surface area contributed by atoms with Crippen molar-refractivity contribution < 1.29 is 14.7 Å². The Morgan fingerprint density at radius 2 is 2.11 bits per heavy atom. The Bertz CT molecular complexity index is 328. The average molecular weight is 272 g/mol. The summed E-state index contributed by atoms with van der Waals surface area (Å²) in [6, 6.07) is -0.289. The van der Waals surface area contributed by atoms with Crippen LogP contribution in [0.2, 0.25) is 0 Å². The lowest BCUT2D eigenvalue weighted by atomic mass is 10.2. The summed E-state index contributed by atoms with van der Waals surface area (Å²) < 4.78 is 0. The Kier molecular flexibility index (Phi) is 8.05. The van der Waals surface area contributed by atoms with Crippen molar-refractivity contribution in [2.75, 3.05) is 32.1 Å². The predicted octanol–water partition coefficient (Wildman–Crippen LogP) is 1.20. The van der Waals surface area contributed by atoms with Gasteiger partial charge in [-0.1, -0.05) is 5.92 Å². The maximum absolute atomic E-state index is 12.1. The third-order valence-electron chi connectivity index (χ3n) is 2.58. The molecule has 0 saturated carbocycles. The Hall–Kier alpha value is -1.35. The first kappa shape index (κ1) is 16.6. The van der Waals surface area contributed by atoms with Crippen molar-refractivity contribution in [3.8, 4) is 12.3 Å². The number of carbonyl (C=O) groups excluding carboxylic acids is 1. The topological polar surface area (TPSA) is 60.9 Å². The maximum Gasteiger partial charge on any atom is 0.323 e. The quantitative estimate of drug-likeness (QED) is 0.707. The lowest BCUT2D eigenvalue weighted by Gasteiger charge is -2.30. The van der Waals surface area contributed by atoms with Crippen LogP contribution in [0, 0.1) is 12.3 Å². The number of hydrogen-bond donors (Lipinski definition) is 1. The highest BCUT2D eigenvalue weighted by atomic mass is 32.2. The maximum atomic E-state index is 12.1. The van der Waals surface area contributed by atoms with Crippen molar-refractivity contribution in [2.24, 2.45) is 0 Å². The van der Waals surface area contributed by atoms with Gasteiger partial charge in [-0.2, -0.15) is 11.8 Å². The van der Waals surface area contributed by atoms with E-state index in [4.69, 9.17) is 11.5 Å². The number of carbonyl (C=O) groups is 2. The fourth-order valence-corrected chi connectivity index (χ4v) is 1.94. The summed E-state index contributed by atoms with van der Waals surface area (Å²) in [7, 11) is 1.67. The van der Waals surface area contributed by atoms with E-state index in [9.17, 15) is 9.59 Å². The van der Waals surface area contributed by atoms with Crippen molar-refractivity contribution >= 4 is 23.8 Å². The summed E-state index contributed by atoms with van der Waals surface area (Å²) >= 11 is 1.71. The molecule has 1 N–H and O–H groups in total. The van der Waals surface area contributed by atoms with E-state index in [1.165, 1.54) is 4.90 Å². The highest BCUT2D eigenvalue weighted by Gasteiger charge is 2.22. The number of terminal acetylenes is 1. The van der Waals surface area contributed by atoms with Crippen LogP contribution < -0.4 is 0 Å². The molecule has 0 aromatic rings. The van der Waals surface area contributed by atoms with Crippen LogP contribution in [0.15, 0.2) is 0 Å². The molecule has 0 radical (unpaired) electrons. The zero-order chi connectivity index (χ0) is 14.1. The standard InChI is InChI=1S/C12H20N2O3S/c1-5-7-14(9-11(15)16)12(17)13(3)10(2)6-8-18-4/h1,10H,6-9H2,2-4H3,(H,15,16). The number of carboxylic acid groups (broad SMARTS) is 1. The molecule has 0 aromatic carbocycles. The second kappa shape index (κ2) is 8.70. The van der Waals surface area contributed by atoms with E-state index < -0.39 is 5.97 Å². The number of thioether (sulfide) groups is 1. The Morgan fingerprint density at radius 1 is 1.50 bits per heavy atom. The summed E-state index contributed by atoms with van der Waals surface area (Å²) in [5.41, 5.74) is 0. The minimum atomic E-state index is -1.07. The van der Waals surface area contributed by atoms with E-state index in [2.05, 4.69) is 5.92 Å². The molecule has 0 aliphatic heterocycles. The lowest BCUT2D eigenvalue weighted by molar-refractivity contribution is -0.137. The van der Waals surface area contributed by atoms with Crippen molar-refractivity contribution in [2.45, 2.75) is 19.4 Å². The van der Waals surface area contributed by atoms with Crippen LogP contribution in [0.1, 0.15) is 13.3 Å². The minimum Gasteiger partial charge on any atom is -0.480 e. The van der Waals surface area contributed by atoms with Crippen molar-refractivity contribution in [1.82, 2.24) is 9.80 Å². The molecule has 0 bridgehead atoms. The first-order chi connectivity index (χ1) is 8.43. The smallest absolute Gasteiger partial charge is 0.323 e. The molecule has 5 nitrogen and oxygen atoms in total. The van der Waals surface area contributed by atoms with Crippen molar-refractivity contribution in [1.29, 1.82) is 0 Å². The zero-order valence-electron chi connectivity index (χ0n) is 11.0. The van der Waals surface area contributed by atoms with Crippen LogP contribution in [0.4, 0.5) is 4.79 Å². The van der Waals surface area contributed by atoms with E-state index in [0.29, 0.717) is 0 Å². The molecule has 0 aliphatic rings. The molecule has 0 rings (SSSR count). The number of nitrogens with zero attached hydrogens (tertiary/aromatic N) is 2. The van der Waals surface area contributed by atoms with Gasteiger partial charge in [0.15, 0.2) is 0 Å². The summed E-state index contributed by atoms with van der Waals surface area (Å²) in [6.07, 6.45) is 8.01. The predicted molar refractivity (Wildman–Crippen MR) is 73.7 cm³/mol. The highest BCUT2D eigenvalue weighted by molar-refractivity contribution is 7.98. The fourth-order valence-electron chi connectivity index (χ4n) is 1.36. The van der Waals surface area contributed by atoms with Gasteiger partial charge in [0.05, 0.1) is 6.54 Å². The largest absolute Gasteiger partial charge is 0.480 e. The average Bonchev–Trinajstić information content (AvgIpc) is 2.33. The Labute approximate surface area is 113 Å². The molecule has 2 amide bonds. The Balaban J connectivity index is 4.55. The van der Waals surface area contributed by atoms with Gasteiger partial charge in [-0.25, -0.2) is 4.79 Å². The second-order valence-corrected chi connectivity index (χ2v) is 4.96. The zero-order valence-corrected chi connectivity index (χ0v) is 11.9. The van der Waals surface area contributed by atoms with Gasteiger partial charge in [0.1, 0.15) is 6.54 Å². The SMILES string of the molecule is C#CCN(CC(=O)O)C(=O)N(C)C(C)CCSC. The molecule has 0 aromatic heterocycles. The number of rotatable bonds is 7. The number of aliphatic carboxylic acids is 1. The molecule has 6 heteroatoms. The van der Waals surface area contributed by atoms with Crippen LogP contribution in [-0.2, 0) is 4.79 Å². The monoisotopic (exact) mass is 272 g/mol. The first-order valence-electron chi connectivity index (χ1n) is 5.60. The van der Waals surface area contributed by atoms with Crippen LogP contribution in [0.3, 0.4) is 0 Å². The fraction of sp³-hybridized carbons (Fsp3) is 0.667. The molecule has 0 heterocycles. The van der Waals surface area contributed by atoms with Gasteiger partial charge in [-0.05, 0) is 25.4 Å². The number of urea groups is 1. The van der Waals surface area contributed by atoms with E-state index in [0.717, 1.165) is 17.1 Å². The van der Waals surface area contributed by atoms with Crippen LogP contribution in [0.5, 0.6) is 0 Å². The third kappa shape index (κ3) is 5.82. The number of carboxylic acids is 1. The molecular weight excluding hydrogens is 252 g/mol. The first-order valence-corrected chi connectivity index (χ1v) is 6.99. The molecule has 1 atom stereocenters. The van der Waals surface area contributed by atoms with Gasteiger partial charge in [0, 0.05) is 13.1 Å². The van der Waals surface area contributed by atoms with E-state index in [1.54, 1.807) is 18.8 Å². The number of hydrogen-bond acceptors (Lipinski definition) is 3. The normalized spacial score (nSPS) is 11.4. The van der Waals surface area contributed by atoms with Crippen molar-refractivity contribution in [3.05, 3.63) is 0 Å². The second-order valence-electron chi connectivity index (χ2n) is 3.98. The molecule has 0 spiro atoms. The van der Waals surface area contributed by atoms with E-state index in [-0.39, 0.29) is 25.2 Å². The van der Waals surface area contributed by atoms with Gasteiger partial charge < -0.3 is 14.9 Å². The van der Waals surface area contributed by atoms with Gasteiger partial charge >= 0.3 is 12.0 Å². The Morgan fingerprint density at radius 3 is 2.56 bits per heavy atom. The van der Waals surface area contributed by atoms with Crippen molar-refractivity contribution in [3.63, 3.8) is 0 Å². The van der Waals surface area contributed by atoms with Crippen LogP contribution in [0.25, 0.3) is 0 Å². The van der Waals surface area contributed by atoms with Gasteiger partial charge in [0.25, 0.3) is 0 Å². The summed E-state index contributed by atoms with van der Waals surface area (Å²) in [5, 5.41) is 8.74. The molecule has 1 unspecified atom stereocenters. The van der Waals surface area contributed by atoms with Crippen LogP contribution >= 0.6 is 11.8 Å². The summed E-state index contributed by atoms with van der Waals surface area (Å²) in [4.78, 5) is 25.4. The van der Waals surface area contributed by atoms with Gasteiger partial charge in [-0.15, -0.1) is 6.42 Å². The van der Waals surface area contributed by atoms with Gasteiger partial charge in [-0.3, -0.25) is 4.79 Å². The molecule has 0 saturated heterocycles. The van der Waals surface area contributed by atoms with E-state index in [1.807, 2.05) is 13.2 Å². The van der Waals surface area contributed by atoms with Crippen LogP contribution in [-0.4, -0.2) is 65.1 Å². The highest BCUT2D eigenvalue weighted by Crippen LogP contribution is 2.08. The summed E-state index contributed by atoms with van der Waals surface area (Å²) in [6.45, 7) is 1.57. The van der Waals surface area contributed by atoms with Gasteiger partial charge in [0.2, 0.25) is 0 Å².